The van der Waals surface area contributed by atoms with Crippen LogP contribution in [-0.2, 0) is 15.8 Å². The van der Waals surface area contributed by atoms with E-state index in [9.17, 15) is 22.8 Å². The maximum absolute atomic E-state index is 12.8. The van der Waals surface area contributed by atoms with Gasteiger partial charge in [0.15, 0.2) is 0 Å². The Balaban J connectivity index is 3.16. The van der Waals surface area contributed by atoms with Gasteiger partial charge in [0.2, 0.25) is 0 Å². The standard InChI is InChI=1S/C13H13F3O3/c1-8(17)6-7-10(12(18)19)9-4-2-3-5-11(9)13(14,15)16/h2-5,10H,6-7H2,1H3,(H,18,19). The summed E-state index contributed by atoms with van der Waals surface area (Å²) >= 11 is 0. The number of carbonyl (C=O) groups excluding carboxylic acids is 1. The molecular weight excluding hydrogens is 261 g/mol. The van der Waals surface area contributed by atoms with Crippen molar-refractivity contribution in [3.63, 3.8) is 0 Å². The Morgan fingerprint density at radius 3 is 2.32 bits per heavy atom. The molecule has 0 amide bonds. The van der Waals surface area contributed by atoms with Crippen LogP contribution in [0.2, 0.25) is 0 Å². The monoisotopic (exact) mass is 274 g/mol. The summed E-state index contributed by atoms with van der Waals surface area (Å²) in [6.07, 6.45) is -4.82. The van der Waals surface area contributed by atoms with E-state index in [0.29, 0.717) is 0 Å². The van der Waals surface area contributed by atoms with Crippen molar-refractivity contribution in [1.82, 2.24) is 0 Å². The lowest BCUT2D eigenvalue weighted by Crippen LogP contribution is -2.18. The number of ketones is 1. The Labute approximate surface area is 108 Å². The largest absolute Gasteiger partial charge is 0.481 e. The SMILES string of the molecule is CC(=O)CCC(C(=O)O)c1ccccc1C(F)(F)F. The molecule has 0 saturated carbocycles. The Morgan fingerprint density at radius 1 is 1.26 bits per heavy atom. The Morgan fingerprint density at radius 2 is 1.84 bits per heavy atom. The number of alkyl halides is 3. The molecular formula is C13H13F3O3. The van der Waals surface area contributed by atoms with Crippen LogP contribution in [0.5, 0.6) is 0 Å². The van der Waals surface area contributed by atoms with E-state index < -0.39 is 23.6 Å². The van der Waals surface area contributed by atoms with Gasteiger partial charge in [-0.15, -0.1) is 0 Å². The third kappa shape index (κ3) is 4.08. The smallest absolute Gasteiger partial charge is 0.416 e. The number of aliphatic carboxylic acids is 1. The molecule has 1 aromatic carbocycles. The van der Waals surface area contributed by atoms with Crippen LogP contribution in [-0.4, -0.2) is 16.9 Å². The van der Waals surface area contributed by atoms with Crippen molar-refractivity contribution >= 4 is 11.8 Å². The van der Waals surface area contributed by atoms with Crippen molar-refractivity contribution in [3.05, 3.63) is 35.4 Å². The zero-order valence-electron chi connectivity index (χ0n) is 10.2. The van der Waals surface area contributed by atoms with Gasteiger partial charge in [0, 0.05) is 6.42 Å². The molecule has 0 heterocycles. The van der Waals surface area contributed by atoms with E-state index >= 15 is 0 Å². The number of carbonyl (C=O) groups is 2. The fourth-order valence-corrected chi connectivity index (χ4v) is 1.82. The fraction of sp³-hybridized carbons (Fsp3) is 0.385. The maximum atomic E-state index is 12.8. The van der Waals surface area contributed by atoms with Gasteiger partial charge in [-0.3, -0.25) is 4.79 Å². The van der Waals surface area contributed by atoms with Gasteiger partial charge in [0.25, 0.3) is 0 Å². The molecule has 0 aromatic heterocycles. The topological polar surface area (TPSA) is 54.4 Å². The lowest BCUT2D eigenvalue weighted by atomic mass is 9.89. The summed E-state index contributed by atoms with van der Waals surface area (Å²) in [6, 6.07) is 4.55. The summed E-state index contributed by atoms with van der Waals surface area (Å²) in [5, 5.41) is 9.05. The molecule has 19 heavy (non-hydrogen) atoms. The number of carboxylic acids is 1. The van der Waals surface area contributed by atoms with Gasteiger partial charge in [-0.05, 0) is 25.0 Å². The van der Waals surface area contributed by atoms with Crippen LogP contribution in [0.15, 0.2) is 24.3 Å². The number of benzene rings is 1. The third-order valence-corrected chi connectivity index (χ3v) is 2.72. The normalized spacial score (nSPS) is 13.1. The highest BCUT2D eigenvalue weighted by atomic mass is 19.4. The highest BCUT2D eigenvalue weighted by Crippen LogP contribution is 2.36. The van der Waals surface area contributed by atoms with Gasteiger partial charge in [0.1, 0.15) is 5.78 Å². The van der Waals surface area contributed by atoms with Gasteiger partial charge >= 0.3 is 12.1 Å². The van der Waals surface area contributed by atoms with E-state index in [4.69, 9.17) is 5.11 Å². The molecule has 0 aliphatic heterocycles. The molecule has 0 fully saturated rings. The zero-order chi connectivity index (χ0) is 14.6. The molecule has 0 radical (unpaired) electrons. The Bertz CT molecular complexity index is 480. The molecule has 0 aliphatic carbocycles. The number of hydrogen-bond acceptors (Lipinski definition) is 2. The first-order valence-corrected chi connectivity index (χ1v) is 5.62. The second kappa shape index (κ2) is 5.86. The number of hydrogen-bond donors (Lipinski definition) is 1. The zero-order valence-corrected chi connectivity index (χ0v) is 10.2. The molecule has 0 spiro atoms. The van der Waals surface area contributed by atoms with Crippen molar-refractivity contribution in [2.45, 2.75) is 31.9 Å². The van der Waals surface area contributed by atoms with Crippen LogP contribution < -0.4 is 0 Å². The summed E-state index contributed by atoms with van der Waals surface area (Å²) in [4.78, 5) is 22.0. The number of rotatable bonds is 5. The lowest BCUT2D eigenvalue weighted by Gasteiger charge is -2.18. The number of halogens is 3. The van der Waals surface area contributed by atoms with Gasteiger partial charge in [-0.2, -0.15) is 13.2 Å². The van der Waals surface area contributed by atoms with E-state index in [-0.39, 0.29) is 24.2 Å². The van der Waals surface area contributed by atoms with Crippen molar-refractivity contribution in [2.24, 2.45) is 0 Å². The predicted octanol–water partition coefficient (Wildman–Crippen LogP) is 3.24. The molecule has 1 unspecified atom stereocenters. The first-order valence-electron chi connectivity index (χ1n) is 5.62. The minimum Gasteiger partial charge on any atom is -0.481 e. The highest BCUT2D eigenvalue weighted by molar-refractivity contribution is 5.79. The summed E-state index contributed by atoms with van der Waals surface area (Å²) in [7, 11) is 0. The fourth-order valence-electron chi connectivity index (χ4n) is 1.82. The highest BCUT2D eigenvalue weighted by Gasteiger charge is 2.36. The first kappa shape index (κ1) is 15.2. The van der Waals surface area contributed by atoms with Crippen molar-refractivity contribution in [3.8, 4) is 0 Å². The molecule has 1 N–H and O–H groups in total. The molecule has 0 bridgehead atoms. The maximum Gasteiger partial charge on any atom is 0.416 e. The van der Waals surface area contributed by atoms with E-state index in [0.717, 1.165) is 12.1 Å². The van der Waals surface area contributed by atoms with Gasteiger partial charge in [-0.1, -0.05) is 18.2 Å². The second-order valence-corrected chi connectivity index (χ2v) is 4.22. The van der Waals surface area contributed by atoms with E-state index in [1.807, 2.05) is 0 Å². The Kier molecular flexibility index (Phi) is 4.69. The van der Waals surface area contributed by atoms with Crippen LogP contribution in [0.25, 0.3) is 0 Å². The molecule has 6 heteroatoms. The van der Waals surface area contributed by atoms with Gasteiger partial charge in [0.05, 0.1) is 11.5 Å². The summed E-state index contributed by atoms with van der Waals surface area (Å²) in [6.45, 7) is 1.27. The van der Waals surface area contributed by atoms with Crippen molar-refractivity contribution in [1.29, 1.82) is 0 Å². The minimum absolute atomic E-state index is 0.0663. The van der Waals surface area contributed by atoms with Gasteiger partial charge < -0.3 is 9.90 Å². The second-order valence-electron chi connectivity index (χ2n) is 4.22. The molecule has 1 aromatic rings. The number of carboxylic acid groups (broad SMARTS) is 1. The third-order valence-electron chi connectivity index (χ3n) is 2.72. The average Bonchev–Trinajstić information content (AvgIpc) is 2.27. The molecule has 1 rings (SSSR count). The molecule has 3 nitrogen and oxygen atoms in total. The van der Waals surface area contributed by atoms with Gasteiger partial charge in [-0.25, -0.2) is 0 Å². The summed E-state index contributed by atoms with van der Waals surface area (Å²) < 4.78 is 38.4. The van der Waals surface area contributed by atoms with Crippen LogP contribution >= 0.6 is 0 Å². The van der Waals surface area contributed by atoms with E-state index in [1.54, 1.807) is 0 Å². The van der Waals surface area contributed by atoms with Crippen molar-refractivity contribution < 1.29 is 27.9 Å². The van der Waals surface area contributed by atoms with E-state index in [1.165, 1.54) is 19.1 Å². The van der Waals surface area contributed by atoms with Crippen LogP contribution in [0, 0.1) is 0 Å². The molecule has 0 saturated heterocycles. The van der Waals surface area contributed by atoms with Crippen LogP contribution in [0.3, 0.4) is 0 Å². The first-order chi connectivity index (χ1) is 8.73. The molecule has 1 atom stereocenters. The lowest BCUT2D eigenvalue weighted by molar-refractivity contribution is -0.141. The Hall–Kier alpha value is -1.85. The predicted molar refractivity (Wildman–Crippen MR) is 61.7 cm³/mol. The summed E-state index contributed by atoms with van der Waals surface area (Å²) in [5.41, 5.74) is -1.27. The average molecular weight is 274 g/mol. The molecule has 0 aliphatic rings. The summed E-state index contributed by atoms with van der Waals surface area (Å²) in [5.74, 6) is -2.95. The van der Waals surface area contributed by atoms with E-state index in [2.05, 4.69) is 0 Å². The van der Waals surface area contributed by atoms with Crippen LogP contribution in [0.4, 0.5) is 13.2 Å². The molecule has 104 valence electrons. The quantitative estimate of drug-likeness (QED) is 0.896. The van der Waals surface area contributed by atoms with Crippen molar-refractivity contribution in [2.75, 3.05) is 0 Å². The van der Waals surface area contributed by atoms with Crippen LogP contribution in [0.1, 0.15) is 36.8 Å². The minimum atomic E-state index is -4.61. The number of Topliss-reactive ketones (excluding diaryl/α,β-unsaturated/α-hetero) is 1.